The Labute approximate surface area is 195 Å². The highest BCUT2D eigenvalue weighted by atomic mass is 127. The summed E-state index contributed by atoms with van der Waals surface area (Å²) in [5.41, 5.74) is 4.34. The minimum atomic E-state index is 0. The Balaban J connectivity index is 0.00000320. The second-order valence-corrected chi connectivity index (χ2v) is 6.99. The summed E-state index contributed by atoms with van der Waals surface area (Å²) >= 11 is 0. The lowest BCUT2D eigenvalue weighted by molar-refractivity contribution is 0.473. The maximum Gasteiger partial charge on any atom is 0.216 e. The van der Waals surface area contributed by atoms with Crippen LogP contribution in [0.25, 0.3) is 5.69 Å². The van der Waals surface area contributed by atoms with Crippen molar-refractivity contribution in [3.8, 4) is 5.69 Å². The van der Waals surface area contributed by atoms with Crippen molar-refractivity contribution in [1.29, 1.82) is 0 Å². The van der Waals surface area contributed by atoms with E-state index in [-0.39, 0.29) is 24.0 Å². The maximum atomic E-state index is 5.60. The minimum Gasteiger partial charge on any atom is -0.444 e. The quantitative estimate of drug-likeness (QED) is 0.202. The average Bonchev–Trinajstić information content (AvgIpc) is 3.25. The Kier molecular flexibility index (Phi) is 9.35. The van der Waals surface area contributed by atoms with Crippen LogP contribution in [0, 0.1) is 20.8 Å². The van der Waals surface area contributed by atoms with Crippen molar-refractivity contribution in [1.82, 2.24) is 25.4 Å². The van der Waals surface area contributed by atoms with Gasteiger partial charge in [0.15, 0.2) is 5.96 Å². The highest BCUT2D eigenvalue weighted by Crippen LogP contribution is 2.13. The molecule has 162 valence electrons. The molecule has 1 aromatic carbocycles. The van der Waals surface area contributed by atoms with E-state index in [0.717, 1.165) is 54.7 Å². The average molecular weight is 522 g/mol. The van der Waals surface area contributed by atoms with Gasteiger partial charge in [-0.25, -0.2) is 14.7 Å². The summed E-state index contributed by atoms with van der Waals surface area (Å²) in [6, 6.07) is 10.2. The van der Waals surface area contributed by atoms with Crippen LogP contribution in [-0.4, -0.2) is 33.8 Å². The molecule has 0 bridgehead atoms. The predicted molar refractivity (Wildman–Crippen MR) is 131 cm³/mol. The summed E-state index contributed by atoms with van der Waals surface area (Å²) in [7, 11) is 0. The molecule has 3 aromatic rings. The highest BCUT2D eigenvalue weighted by molar-refractivity contribution is 14.0. The molecule has 0 unspecified atom stereocenters. The topological polar surface area (TPSA) is 80.3 Å². The summed E-state index contributed by atoms with van der Waals surface area (Å²) in [5.74, 6) is 2.26. The third-order valence-electron chi connectivity index (χ3n) is 4.73. The van der Waals surface area contributed by atoms with Crippen LogP contribution in [0.1, 0.15) is 41.9 Å². The molecule has 0 fully saturated rings. The molecule has 0 saturated carbocycles. The molecular formula is C22H31IN6O. The predicted octanol–water partition coefficient (Wildman–Crippen LogP) is 4.09. The lowest BCUT2D eigenvalue weighted by Crippen LogP contribution is -2.37. The van der Waals surface area contributed by atoms with E-state index in [1.54, 1.807) is 0 Å². The fraction of sp³-hybridized carbons (Fsp3) is 0.409. The number of guanidine groups is 1. The molecule has 3 rings (SSSR count). The number of benzene rings is 1. The SMILES string of the molecule is CCNC(=NCc1nc(C)c(C)o1)NCCCc1cn(-c2ccccc2)nc1C.I. The lowest BCUT2D eigenvalue weighted by atomic mass is 10.1. The van der Waals surface area contributed by atoms with E-state index in [4.69, 9.17) is 4.42 Å². The number of nitrogens with one attached hydrogen (secondary N) is 2. The molecular weight excluding hydrogens is 491 g/mol. The zero-order valence-electron chi connectivity index (χ0n) is 18.1. The molecule has 30 heavy (non-hydrogen) atoms. The Bertz CT molecular complexity index is 928. The summed E-state index contributed by atoms with van der Waals surface area (Å²) in [6.07, 6.45) is 4.07. The van der Waals surface area contributed by atoms with Gasteiger partial charge in [-0.2, -0.15) is 5.10 Å². The van der Waals surface area contributed by atoms with Crippen LogP contribution in [0.3, 0.4) is 0 Å². The standard InChI is InChI=1S/C22H30N6O.HI/c1-5-23-22(25-14-21-26-16(2)18(4)29-21)24-13-9-10-19-15-28(27-17(19)3)20-11-7-6-8-12-20;/h6-8,11-12,15H,5,9-10,13-14H2,1-4H3,(H2,23,24,25);1H. The van der Waals surface area contributed by atoms with Crippen LogP contribution in [-0.2, 0) is 13.0 Å². The van der Waals surface area contributed by atoms with Crippen molar-refractivity contribution in [2.45, 2.75) is 47.1 Å². The molecule has 2 heterocycles. The van der Waals surface area contributed by atoms with Crippen molar-refractivity contribution < 1.29 is 4.42 Å². The Morgan fingerprint density at radius 1 is 1.10 bits per heavy atom. The van der Waals surface area contributed by atoms with E-state index in [2.05, 4.69) is 57.9 Å². The molecule has 0 spiro atoms. The van der Waals surface area contributed by atoms with Gasteiger partial charge >= 0.3 is 0 Å². The van der Waals surface area contributed by atoms with Crippen molar-refractivity contribution in [3.05, 3.63) is 65.1 Å². The fourth-order valence-corrected chi connectivity index (χ4v) is 3.04. The summed E-state index contributed by atoms with van der Waals surface area (Å²) in [5, 5.41) is 11.3. The second-order valence-electron chi connectivity index (χ2n) is 6.99. The fourth-order valence-electron chi connectivity index (χ4n) is 3.04. The summed E-state index contributed by atoms with van der Waals surface area (Å²) < 4.78 is 7.54. The van der Waals surface area contributed by atoms with Gasteiger partial charge in [0.25, 0.3) is 0 Å². The lowest BCUT2D eigenvalue weighted by Gasteiger charge is -2.10. The molecule has 2 aromatic heterocycles. The molecule has 0 radical (unpaired) electrons. The molecule has 8 heteroatoms. The van der Waals surface area contributed by atoms with E-state index in [1.165, 1.54) is 5.56 Å². The van der Waals surface area contributed by atoms with Gasteiger partial charge in [-0.3, -0.25) is 0 Å². The van der Waals surface area contributed by atoms with Crippen LogP contribution < -0.4 is 10.6 Å². The number of hydrogen-bond donors (Lipinski definition) is 2. The first-order valence-corrected chi connectivity index (χ1v) is 10.1. The zero-order valence-corrected chi connectivity index (χ0v) is 20.4. The number of aryl methyl sites for hydroxylation is 4. The van der Waals surface area contributed by atoms with Crippen molar-refractivity contribution >= 4 is 29.9 Å². The number of nitrogens with zero attached hydrogens (tertiary/aromatic N) is 4. The smallest absolute Gasteiger partial charge is 0.216 e. The van der Waals surface area contributed by atoms with E-state index in [9.17, 15) is 0 Å². The number of oxazole rings is 1. The van der Waals surface area contributed by atoms with Crippen LogP contribution in [0.2, 0.25) is 0 Å². The largest absolute Gasteiger partial charge is 0.444 e. The molecule has 0 aliphatic carbocycles. The number of para-hydroxylation sites is 1. The third kappa shape index (κ3) is 6.58. The Morgan fingerprint density at radius 2 is 1.87 bits per heavy atom. The summed E-state index contributed by atoms with van der Waals surface area (Å²) in [6.45, 7) is 10.0. The molecule has 0 saturated heterocycles. The van der Waals surface area contributed by atoms with Gasteiger partial charge in [0, 0.05) is 19.3 Å². The van der Waals surface area contributed by atoms with Gasteiger partial charge in [0.2, 0.25) is 5.89 Å². The van der Waals surface area contributed by atoms with E-state index < -0.39 is 0 Å². The number of aromatic nitrogens is 3. The first-order valence-electron chi connectivity index (χ1n) is 10.1. The second kappa shape index (κ2) is 11.7. The normalized spacial score (nSPS) is 11.3. The Morgan fingerprint density at radius 3 is 2.53 bits per heavy atom. The molecule has 2 N–H and O–H groups in total. The maximum absolute atomic E-state index is 5.60. The molecule has 0 aliphatic heterocycles. The van der Waals surface area contributed by atoms with Gasteiger partial charge < -0.3 is 15.1 Å². The van der Waals surface area contributed by atoms with Gasteiger partial charge in [0.05, 0.1) is 17.1 Å². The molecule has 0 atom stereocenters. The van der Waals surface area contributed by atoms with Crippen molar-refractivity contribution in [2.24, 2.45) is 4.99 Å². The first kappa shape index (κ1) is 23.9. The van der Waals surface area contributed by atoms with Crippen LogP contribution in [0.4, 0.5) is 0 Å². The van der Waals surface area contributed by atoms with Crippen LogP contribution in [0.5, 0.6) is 0 Å². The minimum absolute atomic E-state index is 0. The first-order chi connectivity index (χ1) is 14.1. The number of halogens is 1. The third-order valence-corrected chi connectivity index (χ3v) is 4.73. The number of aliphatic imine (C=N–C) groups is 1. The zero-order chi connectivity index (χ0) is 20.6. The highest BCUT2D eigenvalue weighted by Gasteiger charge is 2.07. The number of rotatable bonds is 8. The van der Waals surface area contributed by atoms with E-state index in [1.807, 2.05) is 36.7 Å². The summed E-state index contributed by atoms with van der Waals surface area (Å²) in [4.78, 5) is 8.94. The Hall–Kier alpha value is -2.36. The van der Waals surface area contributed by atoms with E-state index in [0.29, 0.717) is 12.4 Å². The van der Waals surface area contributed by atoms with Crippen molar-refractivity contribution in [2.75, 3.05) is 13.1 Å². The van der Waals surface area contributed by atoms with Gasteiger partial charge in [-0.15, -0.1) is 24.0 Å². The monoisotopic (exact) mass is 522 g/mol. The molecule has 0 aliphatic rings. The van der Waals surface area contributed by atoms with E-state index >= 15 is 0 Å². The van der Waals surface area contributed by atoms with Crippen LogP contribution in [0.15, 0.2) is 45.9 Å². The van der Waals surface area contributed by atoms with Gasteiger partial charge in [0.1, 0.15) is 12.3 Å². The van der Waals surface area contributed by atoms with Crippen molar-refractivity contribution in [3.63, 3.8) is 0 Å². The van der Waals surface area contributed by atoms with Gasteiger partial charge in [-0.1, -0.05) is 18.2 Å². The van der Waals surface area contributed by atoms with Crippen LogP contribution >= 0.6 is 24.0 Å². The molecule has 0 amide bonds. The van der Waals surface area contributed by atoms with Gasteiger partial charge in [-0.05, 0) is 58.2 Å². The molecule has 7 nitrogen and oxygen atoms in total. The number of hydrogen-bond acceptors (Lipinski definition) is 4.